The van der Waals surface area contributed by atoms with Gasteiger partial charge in [0, 0.05) is 12.4 Å². The molecule has 0 aromatic carbocycles. The van der Waals surface area contributed by atoms with Crippen LogP contribution in [0.2, 0.25) is 0 Å². The highest BCUT2D eigenvalue weighted by Crippen LogP contribution is 2.18. The molecule has 0 aliphatic rings. The summed E-state index contributed by atoms with van der Waals surface area (Å²) >= 11 is 4.26. The van der Waals surface area contributed by atoms with Gasteiger partial charge in [-0.3, -0.25) is 9.97 Å². The van der Waals surface area contributed by atoms with Crippen molar-refractivity contribution in [3.8, 4) is 11.4 Å². The lowest BCUT2D eigenvalue weighted by Crippen LogP contribution is -1.92. The summed E-state index contributed by atoms with van der Waals surface area (Å²) in [6.45, 7) is 2.09. The fraction of sp³-hybridized carbons (Fsp3) is 0.545. The van der Waals surface area contributed by atoms with E-state index in [4.69, 9.17) is 0 Å². The van der Waals surface area contributed by atoms with E-state index >= 15 is 0 Å². The van der Waals surface area contributed by atoms with Crippen LogP contribution in [-0.4, -0.2) is 15.7 Å². The number of aromatic nitrogens is 2. The molecule has 0 aliphatic heterocycles. The third kappa shape index (κ3) is 8.04. The summed E-state index contributed by atoms with van der Waals surface area (Å²) in [5.74, 6) is 1.04. The number of aryl methyl sites for hydroxylation is 2. The number of unbranched alkanes of at least 4 members (excludes halogenated alkanes) is 8. The van der Waals surface area contributed by atoms with Gasteiger partial charge in [-0.1, -0.05) is 44.9 Å². The van der Waals surface area contributed by atoms with Crippen LogP contribution in [0.4, 0.5) is 0 Å². The van der Waals surface area contributed by atoms with Crippen LogP contribution in [0.25, 0.3) is 11.4 Å². The Kier molecular flexibility index (Phi) is 9.65. The minimum Gasteiger partial charge on any atom is -0.255 e. The molecule has 0 atom stereocenters. The average Bonchev–Trinajstić information content (AvgIpc) is 2.63. The fourth-order valence-electron chi connectivity index (χ4n) is 3.12. The highest BCUT2D eigenvalue weighted by atomic mass is 32.1. The van der Waals surface area contributed by atoms with Crippen molar-refractivity contribution in [3.05, 3.63) is 47.8 Å². The molecule has 0 radical (unpaired) electrons. The van der Waals surface area contributed by atoms with Crippen molar-refractivity contribution in [2.75, 3.05) is 5.75 Å². The van der Waals surface area contributed by atoms with Gasteiger partial charge in [-0.05, 0) is 67.3 Å². The van der Waals surface area contributed by atoms with Crippen LogP contribution in [-0.2, 0) is 6.42 Å². The zero-order valence-electron chi connectivity index (χ0n) is 15.6. The van der Waals surface area contributed by atoms with Crippen LogP contribution in [0.15, 0.2) is 36.7 Å². The molecule has 0 saturated heterocycles. The predicted octanol–water partition coefficient (Wildman–Crippen LogP) is 6.44. The molecule has 0 amide bonds. The second-order valence-corrected chi connectivity index (χ2v) is 7.37. The Labute approximate surface area is 158 Å². The molecule has 2 heterocycles. The summed E-state index contributed by atoms with van der Waals surface area (Å²) in [5.41, 5.74) is 4.56. The number of hydrogen-bond acceptors (Lipinski definition) is 3. The Balaban J connectivity index is 1.64. The lowest BCUT2D eigenvalue weighted by atomic mass is 10.0. The Morgan fingerprint density at radius 3 is 1.92 bits per heavy atom. The first-order valence-electron chi connectivity index (χ1n) is 9.78. The minimum atomic E-state index is 0.972. The van der Waals surface area contributed by atoms with E-state index in [2.05, 4.69) is 47.7 Å². The van der Waals surface area contributed by atoms with E-state index in [9.17, 15) is 0 Å². The minimum absolute atomic E-state index is 0.972. The molecule has 3 heteroatoms. The monoisotopic (exact) mass is 356 g/mol. The van der Waals surface area contributed by atoms with Crippen LogP contribution < -0.4 is 0 Å². The summed E-state index contributed by atoms with van der Waals surface area (Å²) in [6.07, 6.45) is 17.1. The zero-order valence-corrected chi connectivity index (χ0v) is 16.5. The second kappa shape index (κ2) is 12.1. The van der Waals surface area contributed by atoms with Crippen LogP contribution in [0.5, 0.6) is 0 Å². The van der Waals surface area contributed by atoms with Gasteiger partial charge in [0.05, 0.1) is 11.4 Å². The van der Waals surface area contributed by atoms with Gasteiger partial charge in [0.2, 0.25) is 0 Å². The summed E-state index contributed by atoms with van der Waals surface area (Å²) in [7, 11) is 0. The Morgan fingerprint density at radius 2 is 1.28 bits per heavy atom. The maximum atomic E-state index is 4.48. The molecule has 0 saturated carbocycles. The van der Waals surface area contributed by atoms with Crippen LogP contribution in [0, 0.1) is 6.92 Å². The Morgan fingerprint density at radius 1 is 0.720 bits per heavy atom. The maximum absolute atomic E-state index is 4.48. The zero-order chi connectivity index (χ0) is 17.7. The van der Waals surface area contributed by atoms with Gasteiger partial charge in [-0.25, -0.2) is 0 Å². The van der Waals surface area contributed by atoms with E-state index in [1.165, 1.54) is 68.9 Å². The largest absolute Gasteiger partial charge is 0.255 e. The Hall–Kier alpha value is -1.35. The SMILES string of the molecule is Cc1ccnc(-c2cc(CCCCCCCCCCCS)ccn2)c1. The fourth-order valence-corrected chi connectivity index (χ4v) is 3.35. The summed E-state index contributed by atoms with van der Waals surface area (Å²) in [5, 5.41) is 0. The molecule has 0 spiro atoms. The highest BCUT2D eigenvalue weighted by Gasteiger charge is 2.03. The molecular formula is C22H32N2S. The van der Waals surface area contributed by atoms with Gasteiger partial charge >= 0.3 is 0 Å². The molecular weight excluding hydrogens is 324 g/mol. The molecule has 2 aromatic heterocycles. The number of pyridine rings is 2. The second-order valence-electron chi connectivity index (χ2n) is 6.92. The molecule has 25 heavy (non-hydrogen) atoms. The summed E-state index contributed by atoms with van der Waals surface area (Å²) in [4.78, 5) is 8.92. The molecule has 2 nitrogen and oxygen atoms in total. The number of rotatable bonds is 12. The van der Waals surface area contributed by atoms with Gasteiger partial charge in [-0.2, -0.15) is 12.6 Å². The molecule has 2 aromatic rings. The molecule has 0 fully saturated rings. The van der Waals surface area contributed by atoms with Gasteiger partial charge < -0.3 is 0 Å². The van der Waals surface area contributed by atoms with E-state index in [0.717, 1.165) is 23.6 Å². The quantitative estimate of drug-likeness (QED) is 0.350. The third-order valence-corrected chi connectivity index (χ3v) is 4.94. The first-order chi connectivity index (χ1) is 12.3. The Bertz CT molecular complexity index is 612. The van der Waals surface area contributed by atoms with Crippen LogP contribution >= 0.6 is 12.6 Å². The molecule has 136 valence electrons. The van der Waals surface area contributed by atoms with Crippen molar-refractivity contribution in [2.45, 2.75) is 71.1 Å². The number of thiol groups is 1. The summed E-state index contributed by atoms with van der Waals surface area (Å²) < 4.78 is 0. The first kappa shape index (κ1) is 20.0. The molecule has 2 rings (SSSR count). The van der Waals surface area contributed by atoms with E-state index in [0.29, 0.717) is 0 Å². The van der Waals surface area contributed by atoms with Crippen molar-refractivity contribution in [1.82, 2.24) is 9.97 Å². The number of hydrogen-bond donors (Lipinski definition) is 1. The molecule has 0 aliphatic carbocycles. The summed E-state index contributed by atoms with van der Waals surface area (Å²) in [6, 6.07) is 8.46. The van der Waals surface area contributed by atoms with Gasteiger partial charge in [0.25, 0.3) is 0 Å². The average molecular weight is 357 g/mol. The lowest BCUT2D eigenvalue weighted by molar-refractivity contribution is 0.566. The maximum Gasteiger partial charge on any atom is 0.0888 e. The van der Waals surface area contributed by atoms with Crippen LogP contribution in [0.3, 0.4) is 0 Å². The van der Waals surface area contributed by atoms with E-state index < -0.39 is 0 Å². The first-order valence-corrected chi connectivity index (χ1v) is 10.4. The third-order valence-electron chi connectivity index (χ3n) is 4.63. The van der Waals surface area contributed by atoms with Gasteiger partial charge in [-0.15, -0.1) is 0 Å². The van der Waals surface area contributed by atoms with E-state index in [1.54, 1.807) is 0 Å². The van der Waals surface area contributed by atoms with Crippen molar-refractivity contribution in [2.24, 2.45) is 0 Å². The van der Waals surface area contributed by atoms with Crippen molar-refractivity contribution < 1.29 is 0 Å². The van der Waals surface area contributed by atoms with Crippen LogP contribution in [0.1, 0.15) is 68.9 Å². The molecule has 0 N–H and O–H groups in total. The van der Waals surface area contributed by atoms with E-state index in [-0.39, 0.29) is 0 Å². The predicted molar refractivity (Wildman–Crippen MR) is 111 cm³/mol. The molecule has 0 unspecified atom stereocenters. The van der Waals surface area contributed by atoms with Gasteiger partial charge in [0.1, 0.15) is 0 Å². The lowest BCUT2D eigenvalue weighted by Gasteiger charge is -2.05. The topological polar surface area (TPSA) is 25.8 Å². The number of nitrogens with zero attached hydrogens (tertiary/aromatic N) is 2. The van der Waals surface area contributed by atoms with Gasteiger partial charge in [0.15, 0.2) is 0 Å². The highest BCUT2D eigenvalue weighted by molar-refractivity contribution is 7.80. The van der Waals surface area contributed by atoms with Crippen molar-refractivity contribution >= 4 is 12.6 Å². The normalized spacial score (nSPS) is 11.0. The smallest absolute Gasteiger partial charge is 0.0888 e. The molecule has 0 bridgehead atoms. The van der Waals surface area contributed by atoms with E-state index in [1.807, 2.05) is 18.5 Å². The van der Waals surface area contributed by atoms with Crippen molar-refractivity contribution in [3.63, 3.8) is 0 Å². The standard InChI is InChI=1S/C22H32N2S/c1-19-12-14-23-21(17-19)22-18-20(13-15-24-22)11-9-7-5-3-2-4-6-8-10-16-25/h12-15,17-18,25H,2-11,16H2,1H3. The van der Waals surface area contributed by atoms with Crippen molar-refractivity contribution in [1.29, 1.82) is 0 Å².